The molecule has 1 aliphatic rings. The van der Waals surface area contributed by atoms with Crippen molar-refractivity contribution in [3.05, 3.63) is 47.6 Å². The summed E-state index contributed by atoms with van der Waals surface area (Å²) in [6.45, 7) is 12.4. The first-order valence-corrected chi connectivity index (χ1v) is 8.24. The van der Waals surface area contributed by atoms with E-state index in [0.29, 0.717) is 0 Å². The third kappa shape index (κ3) is 4.02. The van der Waals surface area contributed by atoms with Crippen molar-refractivity contribution in [2.45, 2.75) is 41.5 Å². The highest BCUT2D eigenvalue weighted by atomic mass is 16.5. The van der Waals surface area contributed by atoms with Gasteiger partial charge in [0, 0.05) is 11.1 Å². The smallest absolute Gasteiger partial charge is 0.186 e. The maximum absolute atomic E-state index is 12.9. The summed E-state index contributed by atoms with van der Waals surface area (Å²) in [7, 11) is 1.64. The number of Topliss-reactive ketones (excluding diaryl/α,β-unsaturated/α-hetero) is 1. The molecular formula is C21H27NO2. The van der Waals surface area contributed by atoms with Gasteiger partial charge in [0.1, 0.15) is 5.75 Å². The number of benzene rings is 1. The Bertz CT molecular complexity index is 685. The monoisotopic (exact) mass is 325 g/mol. The molecule has 0 N–H and O–H groups in total. The highest BCUT2D eigenvalue weighted by Crippen LogP contribution is 2.37. The predicted molar refractivity (Wildman–Crippen MR) is 100 cm³/mol. The lowest BCUT2D eigenvalue weighted by Gasteiger charge is -2.31. The first-order valence-electron chi connectivity index (χ1n) is 8.24. The molecule has 0 radical (unpaired) electrons. The molecule has 1 aromatic carbocycles. The van der Waals surface area contributed by atoms with Crippen LogP contribution in [0.25, 0.3) is 0 Å². The summed E-state index contributed by atoms with van der Waals surface area (Å²) in [4.78, 5) is 17.6. The Labute approximate surface area is 145 Å². The van der Waals surface area contributed by atoms with Crippen molar-refractivity contribution < 1.29 is 9.53 Å². The van der Waals surface area contributed by atoms with Crippen LogP contribution in [0.4, 0.5) is 5.69 Å². The average molecular weight is 325 g/mol. The van der Waals surface area contributed by atoms with Gasteiger partial charge in [0.25, 0.3) is 0 Å². The second-order valence-electron chi connectivity index (χ2n) is 8.18. The number of aliphatic imine (C=N–C) groups is 1. The molecule has 2 rings (SSSR count). The molecule has 0 bridgehead atoms. The summed E-state index contributed by atoms with van der Waals surface area (Å²) >= 11 is 0. The van der Waals surface area contributed by atoms with E-state index < -0.39 is 0 Å². The van der Waals surface area contributed by atoms with Crippen molar-refractivity contribution in [2.75, 3.05) is 7.11 Å². The van der Waals surface area contributed by atoms with Crippen LogP contribution in [0.3, 0.4) is 0 Å². The van der Waals surface area contributed by atoms with Crippen molar-refractivity contribution in [1.82, 2.24) is 0 Å². The topological polar surface area (TPSA) is 38.7 Å². The summed E-state index contributed by atoms with van der Waals surface area (Å²) < 4.78 is 5.18. The second-order valence-corrected chi connectivity index (χ2v) is 8.18. The molecule has 0 spiro atoms. The number of nitrogens with zero attached hydrogens (tertiary/aromatic N) is 1. The van der Waals surface area contributed by atoms with Gasteiger partial charge in [-0.15, -0.1) is 0 Å². The van der Waals surface area contributed by atoms with E-state index in [1.54, 1.807) is 7.11 Å². The molecule has 0 aromatic heterocycles. The molecule has 1 aliphatic carbocycles. The van der Waals surface area contributed by atoms with Gasteiger partial charge in [-0.2, -0.15) is 0 Å². The Kier molecular flexibility index (Phi) is 4.84. The lowest BCUT2D eigenvalue weighted by Crippen LogP contribution is -2.29. The number of hydrogen-bond donors (Lipinski definition) is 0. The lowest BCUT2D eigenvalue weighted by molar-refractivity contribution is -0.114. The Balaban J connectivity index is 2.52. The van der Waals surface area contributed by atoms with E-state index in [9.17, 15) is 4.79 Å². The fourth-order valence-corrected chi connectivity index (χ4v) is 2.60. The summed E-state index contributed by atoms with van der Waals surface area (Å²) in [5.74, 6) is 0.929. The summed E-state index contributed by atoms with van der Waals surface area (Å²) in [5, 5.41) is 0. The number of carbonyl (C=O) groups is 1. The predicted octanol–water partition coefficient (Wildman–Crippen LogP) is 5.30. The molecule has 0 aliphatic heterocycles. The molecule has 1 aromatic rings. The Hall–Kier alpha value is -2.16. The molecule has 0 atom stereocenters. The maximum Gasteiger partial charge on any atom is 0.186 e. The molecule has 0 amide bonds. The molecule has 0 heterocycles. The lowest BCUT2D eigenvalue weighted by atomic mass is 9.72. The first-order chi connectivity index (χ1) is 11.0. The number of methoxy groups -OCH3 is 1. The Morgan fingerprint density at radius 2 is 1.29 bits per heavy atom. The largest absolute Gasteiger partial charge is 0.497 e. The summed E-state index contributed by atoms with van der Waals surface area (Å²) in [5.41, 5.74) is 2.83. The van der Waals surface area contributed by atoms with Gasteiger partial charge < -0.3 is 4.74 Å². The van der Waals surface area contributed by atoms with Crippen molar-refractivity contribution in [1.29, 1.82) is 0 Å². The van der Waals surface area contributed by atoms with Gasteiger partial charge in [-0.3, -0.25) is 4.79 Å². The van der Waals surface area contributed by atoms with E-state index in [-0.39, 0.29) is 16.6 Å². The van der Waals surface area contributed by atoms with E-state index >= 15 is 0 Å². The van der Waals surface area contributed by atoms with Crippen molar-refractivity contribution in [2.24, 2.45) is 15.8 Å². The van der Waals surface area contributed by atoms with Crippen molar-refractivity contribution in [3.63, 3.8) is 0 Å². The maximum atomic E-state index is 12.9. The van der Waals surface area contributed by atoms with Crippen LogP contribution in [0.15, 0.2) is 52.6 Å². The van der Waals surface area contributed by atoms with Gasteiger partial charge in [-0.25, -0.2) is 4.99 Å². The quantitative estimate of drug-likeness (QED) is 0.692. The minimum atomic E-state index is -0.220. The van der Waals surface area contributed by atoms with Crippen LogP contribution in [0.5, 0.6) is 5.75 Å². The van der Waals surface area contributed by atoms with Gasteiger partial charge in [-0.1, -0.05) is 41.5 Å². The molecule has 0 saturated heterocycles. The third-order valence-corrected chi connectivity index (χ3v) is 4.02. The van der Waals surface area contributed by atoms with Crippen LogP contribution in [0, 0.1) is 10.8 Å². The van der Waals surface area contributed by atoms with E-state index in [1.807, 2.05) is 36.4 Å². The fraction of sp³-hybridized carbons (Fsp3) is 0.429. The first kappa shape index (κ1) is 18.2. The van der Waals surface area contributed by atoms with E-state index in [4.69, 9.17) is 9.73 Å². The van der Waals surface area contributed by atoms with E-state index in [0.717, 1.165) is 28.3 Å². The standard InChI is InChI=1S/C21H27NO2/c1-20(2,3)17-12-15(13-18(19(17)23)21(4,5)6)22-14-8-10-16(24-7)11-9-14/h8-13H,1-7H3. The Morgan fingerprint density at radius 1 is 0.833 bits per heavy atom. The zero-order valence-electron chi connectivity index (χ0n) is 15.7. The van der Waals surface area contributed by atoms with Crippen molar-refractivity contribution in [3.8, 4) is 5.75 Å². The number of allylic oxidation sites excluding steroid dienone is 4. The molecule has 0 fully saturated rings. The Morgan fingerprint density at radius 3 is 1.67 bits per heavy atom. The summed E-state index contributed by atoms with van der Waals surface area (Å²) in [6, 6.07) is 7.60. The normalized spacial score (nSPS) is 15.8. The van der Waals surface area contributed by atoms with Crippen LogP contribution in [0.2, 0.25) is 0 Å². The summed E-state index contributed by atoms with van der Waals surface area (Å²) in [6.07, 6.45) is 3.84. The molecule has 24 heavy (non-hydrogen) atoms. The van der Waals surface area contributed by atoms with E-state index in [1.165, 1.54) is 0 Å². The van der Waals surface area contributed by atoms with Crippen molar-refractivity contribution >= 4 is 17.2 Å². The van der Waals surface area contributed by atoms with Gasteiger partial charge in [0.05, 0.1) is 18.5 Å². The van der Waals surface area contributed by atoms with Crippen LogP contribution in [-0.2, 0) is 4.79 Å². The highest BCUT2D eigenvalue weighted by Gasteiger charge is 2.34. The van der Waals surface area contributed by atoms with Gasteiger partial charge >= 0.3 is 0 Å². The fourth-order valence-electron chi connectivity index (χ4n) is 2.60. The minimum absolute atomic E-state index is 0.128. The number of hydrogen-bond acceptors (Lipinski definition) is 3. The molecule has 0 saturated carbocycles. The van der Waals surface area contributed by atoms with Gasteiger partial charge in [0.15, 0.2) is 5.78 Å². The zero-order chi connectivity index (χ0) is 18.1. The van der Waals surface area contributed by atoms with Crippen LogP contribution < -0.4 is 4.74 Å². The zero-order valence-corrected chi connectivity index (χ0v) is 15.7. The number of ether oxygens (including phenoxy) is 1. The van der Waals surface area contributed by atoms with Crippen LogP contribution in [0.1, 0.15) is 41.5 Å². The molecular weight excluding hydrogens is 298 g/mol. The SMILES string of the molecule is COc1ccc(N=C2C=C(C(C)(C)C)C(=O)C(C(C)(C)C)=C2)cc1. The second kappa shape index (κ2) is 6.39. The number of carbonyl (C=O) groups excluding carboxylic acids is 1. The highest BCUT2D eigenvalue weighted by molar-refractivity contribution is 6.23. The minimum Gasteiger partial charge on any atom is -0.497 e. The molecule has 128 valence electrons. The van der Waals surface area contributed by atoms with E-state index in [2.05, 4.69) is 41.5 Å². The average Bonchev–Trinajstić information content (AvgIpc) is 2.47. The van der Waals surface area contributed by atoms with Crippen LogP contribution in [-0.4, -0.2) is 18.6 Å². The third-order valence-electron chi connectivity index (χ3n) is 4.02. The molecule has 3 heteroatoms. The van der Waals surface area contributed by atoms with Gasteiger partial charge in [0.2, 0.25) is 0 Å². The van der Waals surface area contributed by atoms with Gasteiger partial charge in [-0.05, 0) is 47.2 Å². The number of ketones is 1. The van der Waals surface area contributed by atoms with Crippen LogP contribution >= 0.6 is 0 Å². The molecule has 3 nitrogen and oxygen atoms in total. The molecule has 0 unspecified atom stereocenters. The number of rotatable bonds is 2.